The topological polar surface area (TPSA) is 39.1 Å². The highest BCUT2D eigenvalue weighted by Crippen LogP contribution is 2.22. The van der Waals surface area contributed by atoms with E-state index in [-0.39, 0.29) is 0 Å². The van der Waals surface area contributed by atoms with E-state index in [1.807, 2.05) is 31.7 Å². The number of hydrogen-bond donors (Lipinski definition) is 1. The van der Waals surface area contributed by atoms with E-state index in [1.54, 1.807) is 6.20 Å². The van der Waals surface area contributed by atoms with Gasteiger partial charge in [0.15, 0.2) is 0 Å². The van der Waals surface area contributed by atoms with Crippen molar-refractivity contribution in [2.45, 2.75) is 19.5 Å². The first-order valence-corrected chi connectivity index (χ1v) is 7.10. The van der Waals surface area contributed by atoms with Crippen LogP contribution in [0.25, 0.3) is 0 Å². The standard InChI is InChI=1S/C14H18BrN3O/c1-16-10-12-9-13(3-4-14(12)15)19-8-2-6-18-7-5-17-11-18/h3-5,7,9,11,16H,2,6,8,10H2,1H3. The van der Waals surface area contributed by atoms with E-state index in [9.17, 15) is 0 Å². The first kappa shape index (κ1) is 14.1. The Morgan fingerprint density at radius 2 is 2.32 bits per heavy atom. The molecule has 0 aliphatic carbocycles. The van der Waals surface area contributed by atoms with Crippen molar-refractivity contribution in [3.05, 3.63) is 47.0 Å². The van der Waals surface area contributed by atoms with Crippen LogP contribution in [-0.4, -0.2) is 23.2 Å². The number of nitrogens with zero attached hydrogens (tertiary/aromatic N) is 2. The zero-order valence-corrected chi connectivity index (χ0v) is 12.6. The van der Waals surface area contributed by atoms with Gasteiger partial charge < -0.3 is 14.6 Å². The third-order valence-electron chi connectivity index (χ3n) is 2.77. The molecule has 1 N–H and O–H groups in total. The molecular formula is C14H18BrN3O. The third kappa shape index (κ3) is 4.36. The largest absolute Gasteiger partial charge is 0.494 e. The van der Waals surface area contributed by atoms with Crippen LogP contribution in [0.2, 0.25) is 0 Å². The summed E-state index contributed by atoms with van der Waals surface area (Å²) >= 11 is 3.53. The SMILES string of the molecule is CNCc1cc(OCCCn2ccnc2)ccc1Br. The lowest BCUT2D eigenvalue weighted by molar-refractivity contribution is 0.301. The molecule has 4 nitrogen and oxygen atoms in total. The minimum atomic E-state index is 0.707. The van der Waals surface area contributed by atoms with Crippen LogP contribution in [0.5, 0.6) is 5.75 Å². The Bertz CT molecular complexity index is 499. The van der Waals surface area contributed by atoms with Gasteiger partial charge in [0, 0.05) is 30.0 Å². The van der Waals surface area contributed by atoms with Gasteiger partial charge in [0.1, 0.15) is 5.75 Å². The van der Waals surface area contributed by atoms with Crippen LogP contribution in [-0.2, 0) is 13.1 Å². The number of imidazole rings is 1. The average molecular weight is 324 g/mol. The van der Waals surface area contributed by atoms with Gasteiger partial charge in [0.05, 0.1) is 12.9 Å². The molecule has 102 valence electrons. The van der Waals surface area contributed by atoms with Crippen LogP contribution >= 0.6 is 15.9 Å². The fraction of sp³-hybridized carbons (Fsp3) is 0.357. The maximum Gasteiger partial charge on any atom is 0.119 e. The zero-order valence-electron chi connectivity index (χ0n) is 11.0. The fourth-order valence-electron chi connectivity index (χ4n) is 1.82. The van der Waals surface area contributed by atoms with Crippen LogP contribution in [0.3, 0.4) is 0 Å². The molecule has 0 aliphatic heterocycles. The number of hydrogen-bond acceptors (Lipinski definition) is 3. The molecule has 0 spiro atoms. The second kappa shape index (κ2) is 7.31. The molecular weight excluding hydrogens is 306 g/mol. The van der Waals surface area contributed by atoms with Crippen molar-refractivity contribution in [2.24, 2.45) is 0 Å². The van der Waals surface area contributed by atoms with Gasteiger partial charge in [-0.2, -0.15) is 0 Å². The van der Waals surface area contributed by atoms with Crippen LogP contribution in [0.1, 0.15) is 12.0 Å². The van der Waals surface area contributed by atoms with Crippen molar-refractivity contribution >= 4 is 15.9 Å². The Labute approximate surface area is 121 Å². The molecule has 0 unspecified atom stereocenters. The molecule has 0 bridgehead atoms. The lowest BCUT2D eigenvalue weighted by Gasteiger charge is -2.10. The fourth-order valence-corrected chi connectivity index (χ4v) is 2.21. The number of nitrogens with one attached hydrogen (secondary N) is 1. The van der Waals surface area contributed by atoms with E-state index < -0.39 is 0 Å². The number of benzene rings is 1. The van der Waals surface area contributed by atoms with Crippen LogP contribution < -0.4 is 10.1 Å². The Balaban J connectivity index is 1.80. The Hall–Kier alpha value is -1.33. The second-order valence-electron chi connectivity index (χ2n) is 4.29. The zero-order chi connectivity index (χ0) is 13.5. The molecule has 1 aromatic carbocycles. The summed E-state index contributed by atoms with van der Waals surface area (Å²) in [5, 5.41) is 3.14. The Kier molecular flexibility index (Phi) is 5.42. The van der Waals surface area contributed by atoms with E-state index in [0.29, 0.717) is 6.61 Å². The Morgan fingerprint density at radius 1 is 1.42 bits per heavy atom. The molecule has 0 radical (unpaired) electrons. The van der Waals surface area contributed by atoms with Crippen molar-refractivity contribution in [2.75, 3.05) is 13.7 Å². The van der Waals surface area contributed by atoms with Crippen LogP contribution in [0.15, 0.2) is 41.4 Å². The van der Waals surface area contributed by atoms with Crippen molar-refractivity contribution < 1.29 is 4.74 Å². The van der Waals surface area contributed by atoms with Gasteiger partial charge in [-0.25, -0.2) is 4.98 Å². The predicted molar refractivity (Wildman–Crippen MR) is 79.2 cm³/mol. The van der Waals surface area contributed by atoms with E-state index in [1.165, 1.54) is 5.56 Å². The predicted octanol–water partition coefficient (Wildman–Crippen LogP) is 2.83. The van der Waals surface area contributed by atoms with Gasteiger partial charge >= 0.3 is 0 Å². The normalized spacial score (nSPS) is 10.6. The van der Waals surface area contributed by atoms with Gasteiger partial charge in [0.2, 0.25) is 0 Å². The van der Waals surface area contributed by atoms with E-state index in [2.05, 4.69) is 36.9 Å². The molecule has 1 heterocycles. The van der Waals surface area contributed by atoms with Gasteiger partial charge in [-0.05, 0) is 37.2 Å². The molecule has 0 aliphatic rings. The smallest absolute Gasteiger partial charge is 0.119 e. The molecule has 0 saturated heterocycles. The number of rotatable bonds is 7. The summed E-state index contributed by atoms with van der Waals surface area (Å²) in [6, 6.07) is 6.08. The summed E-state index contributed by atoms with van der Waals surface area (Å²) in [5.74, 6) is 0.916. The maximum absolute atomic E-state index is 5.76. The van der Waals surface area contributed by atoms with Crippen molar-refractivity contribution in [1.82, 2.24) is 14.9 Å². The minimum absolute atomic E-state index is 0.707. The van der Waals surface area contributed by atoms with E-state index >= 15 is 0 Å². The highest BCUT2D eigenvalue weighted by molar-refractivity contribution is 9.10. The lowest BCUT2D eigenvalue weighted by atomic mass is 10.2. The lowest BCUT2D eigenvalue weighted by Crippen LogP contribution is -2.07. The molecule has 0 amide bonds. The monoisotopic (exact) mass is 323 g/mol. The molecule has 5 heteroatoms. The van der Waals surface area contributed by atoms with Gasteiger partial charge in [-0.1, -0.05) is 15.9 Å². The van der Waals surface area contributed by atoms with Crippen LogP contribution in [0, 0.1) is 0 Å². The highest BCUT2D eigenvalue weighted by atomic mass is 79.9. The molecule has 2 aromatic rings. The summed E-state index contributed by atoms with van der Waals surface area (Å²) in [6.07, 6.45) is 6.54. The summed E-state index contributed by atoms with van der Waals surface area (Å²) in [4.78, 5) is 4.01. The number of aromatic nitrogens is 2. The summed E-state index contributed by atoms with van der Waals surface area (Å²) < 4.78 is 8.92. The van der Waals surface area contributed by atoms with Gasteiger partial charge in [-0.15, -0.1) is 0 Å². The molecule has 0 atom stereocenters. The number of aryl methyl sites for hydroxylation is 1. The summed E-state index contributed by atoms with van der Waals surface area (Å²) in [7, 11) is 1.94. The molecule has 1 aromatic heterocycles. The van der Waals surface area contributed by atoms with Crippen molar-refractivity contribution in [1.29, 1.82) is 0 Å². The van der Waals surface area contributed by atoms with Gasteiger partial charge in [0.25, 0.3) is 0 Å². The molecule has 0 saturated carbocycles. The quantitative estimate of drug-likeness (QED) is 0.796. The maximum atomic E-state index is 5.76. The summed E-state index contributed by atoms with van der Waals surface area (Å²) in [6.45, 7) is 2.46. The van der Waals surface area contributed by atoms with E-state index in [4.69, 9.17) is 4.74 Å². The average Bonchev–Trinajstić information content (AvgIpc) is 2.92. The van der Waals surface area contributed by atoms with Crippen molar-refractivity contribution in [3.8, 4) is 5.75 Å². The first-order valence-electron chi connectivity index (χ1n) is 6.31. The number of halogens is 1. The minimum Gasteiger partial charge on any atom is -0.494 e. The first-order chi connectivity index (χ1) is 9.29. The van der Waals surface area contributed by atoms with Gasteiger partial charge in [-0.3, -0.25) is 0 Å². The highest BCUT2D eigenvalue weighted by Gasteiger charge is 2.02. The molecule has 2 rings (SSSR count). The number of ether oxygens (including phenoxy) is 1. The molecule has 19 heavy (non-hydrogen) atoms. The Morgan fingerprint density at radius 3 is 3.05 bits per heavy atom. The molecule has 0 fully saturated rings. The second-order valence-corrected chi connectivity index (χ2v) is 5.14. The van der Waals surface area contributed by atoms with Crippen LogP contribution in [0.4, 0.5) is 0 Å². The third-order valence-corrected chi connectivity index (χ3v) is 3.55. The van der Waals surface area contributed by atoms with E-state index in [0.717, 1.165) is 29.7 Å². The van der Waals surface area contributed by atoms with Crippen molar-refractivity contribution in [3.63, 3.8) is 0 Å². The summed E-state index contributed by atoms with van der Waals surface area (Å²) in [5.41, 5.74) is 1.20.